The summed E-state index contributed by atoms with van der Waals surface area (Å²) in [4.78, 5) is 28.8. The molecule has 1 saturated heterocycles. The van der Waals surface area contributed by atoms with Crippen molar-refractivity contribution in [3.8, 4) is 0 Å². The fraction of sp³-hybridized carbons (Fsp3) is 0.560. The fourth-order valence-electron chi connectivity index (χ4n) is 5.56. The molecule has 2 aromatic heterocycles. The summed E-state index contributed by atoms with van der Waals surface area (Å²) in [6, 6.07) is 5.57. The van der Waals surface area contributed by atoms with Crippen molar-refractivity contribution in [3.05, 3.63) is 50.3 Å². The van der Waals surface area contributed by atoms with Gasteiger partial charge in [-0.05, 0) is 67.8 Å². The number of thiocarbonyl (C=S) groups is 1. The summed E-state index contributed by atoms with van der Waals surface area (Å²) >= 11 is 7.52. The molecule has 0 saturated carbocycles. The van der Waals surface area contributed by atoms with Crippen LogP contribution in [0.25, 0.3) is 0 Å². The molecule has 0 aromatic carbocycles. The maximum atomic E-state index is 13.0. The molecular weight excluding hydrogens is 454 g/mol. The Bertz CT molecular complexity index is 1140. The van der Waals surface area contributed by atoms with E-state index in [1.54, 1.807) is 17.4 Å². The van der Waals surface area contributed by atoms with Crippen molar-refractivity contribution in [1.82, 2.24) is 9.47 Å². The number of hydrogen-bond acceptors (Lipinski definition) is 5. The van der Waals surface area contributed by atoms with E-state index in [0.717, 1.165) is 68.0 Å². The van der Waals surface area contributed by atoms with Gasteiger partial charge in [-0.15, -0.1) is 11.3 Å². The van der Waals surface area contributed by atoms with Gasteiger partial charge in [0.2, 0.25) is 0 Å². The molecule has 2 aliphatic heterocycles. The van der Waals surface area contributed by atoms with E-state index in [2.05, 4.69) is 23.2 Å². The second-order valence-corrected chi connectivity index (χ2v) is 11.2. The van der Waals surface area contributed by atoms with Gasteiger partial charge in [-0.25, -0.2) is 4.79 Å². The van der Waals surface area contributed by atoms with Crippen LogP contribution in [0.15, 0.2) is 23.0 Å². The predicted octanol–water partition coefficient (Wildman–Crippen LogP) is 4.42. The zero-order valence-electron chi connectivity index (χ0n) is 19.3. The highest BCUT2D eigenvalue weighted by atomic mass is 32.1. The molecule has 0 spiro atoms. The van der Waals surface area contributed by atoms with Crippen LogP contribution >= 0.6 is 23.6 Å². The van der Waals surface area contributed by atoms with Crippen molar-refractivity contribution in [1.29, 1.82) is 0 Å². The summed E-state index contributed by atoms with van der Waals surface area (Å²) in [5.74, 6) is 1.07. The van der Waals surface area contributed by atoms with Crippen LogP contribution in [-0.2, 0) is 24.1 Å². The van der Waals surface area contributed by atoms with Gasteiger partial charge in [-0.2, -0.15) is 0 Å². The second-order valence-electron chi connectivity index (χ2n) is 9.73. The van der Waals surface area contributed by atoms with Gasteiger partial charge < -0.3 is 19.5 Å². The van der Waals surface area contributed by atoms with Crippen molar-refractivity contribution in [2.75, 3.05) is 25.0 Å². The zero-order chi connectivity index (χ0) is 23.1. The minimum absolute atomic E-state index is 0.0879. The second kappa shape index (κ2) is 9.22. The topological polar surface area (TPSA) is 63.6 Å². The molecule has 2 aromatic rings. The molecule has 8 heteroatoms. The summed E-state index contributed by atoms with van der Waals surface area (Å²) in [5.41, 5.74) is 3.03. The number of thiophene rings is 1. The summed E-state index contributed by atoms with van der Waals surface area (Å²) < 4.78 is 7.48. The summed E-state index contributed by atoms with van der Waals surface area (Å²) in [6.45, 7) is 7.05. The van der Waals surface area contributed by atoms with Crippen LogP contribution in [0.1, 0.15) is 65.5 Å². The number of aromatic nitrogens is 1. The summed E-state index contributed by atoms with van der Waals surface area (Å²) in [5, 5.41) is 4.93. The van der Waals surface area contributed by atoms with Crippen molar-refractivity contribution in [2.24, 2.45) is 11.8 Å². The highest BCUT2D eigenvalue weighted by Gasteiger charge is 2.36. The van der Waals surface area contributed by atoms with E-state index in [1.165, 1.54) is 4.88 Å². The lowest BCUT2D eigenvalue weighted by Crippen LogP contribution is -2.50. The molecule has 1 fully saturated rings. The number of piperidine rings is 1. The molecule has 33 heavy (non-hydrogen) atoms. The molecule has 3 atom stereocenters. The normalized spacial score (nSPS) is 23.5. The number of nitrogens with one attached hydrogen (secondary N) is 1. The van der Waals surface area contributed by atoms with Gasteiger partial charge in [0.1, 0.15) is 5.00 Å². The lowest BCUT2D eigenvalue weighted by molar-refractivity contribution is 0.0505. The molecule has 2 bridgehead atoms. The van der Waals surface area contributed by atoms with E-state index in [0.29, 0.717) is 29.1 Å². The van der Waals surface area contributed by atoms with E-state index in [-0.39, 0.29) is 17.4 Å². The molecule has 0 amide bonds. The van der Waals surface area contributed by atoms with Crippen molar-refractivity contribution >= 4 is 39.6 Å². The largest absolute Gasteiger partial charge is 0.462 e. The first-order valence-electron chi connectivity index (χ1n) is 12.0. The first-order chi connectivity index (χ1) is 15.9. The average molecular weight is 486 g/mol. The third-order valence-corrected chi connectivity index (χ3v) is 8.67. The third-order valence-electron chi connectivity index (χ3n) is 7.14. The number of esters is 1. The molecule has 0 unspecified atom stereocenters. The van der Waals surface area contributed by atoms with E-state index in [9.17, 15) is 9.59 Å². The maximum absolute atomic E-state index is 13.0. The number of nitrogens with zero attached hydrogens (tertiary/aromatic N) is 2. The van der Waals surface area contributed by atoms with Crippen LogP contribution in [0.3, 0.4) is 0 Å². The Morgan fingerprint density at radius 3 is 2.97 bits per heavy atom. The highest BCUT2D eigenvalue weighted by molar-refractivity contribution is 7.80. The number of carbonyl (C=O) groups excluding carboxylic acids is 1. The SMILES string of the molecule is CCCOC(=O)c1c(NC(=S)N2C[C@@H]3C[C@H](C2)c2cccc(=O)n2C3)sc2c1CC[C@H](C)C2. The number of ether oxygens (including phenoxy) is 1. The number of rotatable bonds is 4. The quantitative estimate of drug-likeness (QED) is 0.511. The molecule has 1 aliphatic carbocycles. The third kappa shape index (κ3) is 4.35. The average Bonchev–Trinajstić information content (AvgIpc) is 3.14. The Balaban J connectivity index is 1.38. The van der Waals surface area contributed by atoms with Gasteiger partial charge in [-0.1, -0.05) is 19.9 Å². The number of hydrogen-bond donors (Lipinski definition) is 1. The molecule has 3 aliphatic rings. The van der Waals surface area contributed by atoms with Gasteiger partial charge in [0.15, 0.2) is 5.11 Å². The van der Waals surface area contributed by atoms with Crippen molar-refractivity contribution in [2.45, 2.75) is 58.4 Å². The Hall–Kier alpha value is -2.19. The fourth-order valence-corrected chi connectivity index (χ4v) is 7.27. The standard InChI is InChI=1S/C25H31N3O3S2/c1-3-9-31-24(30)22-18-8-7-15(2)10-20(18)33-23(22)26-25(32)27-12-16-11-17(14-27)19-5-4-6-21(29)28(19)13-16/h4-6,15-17H,3,7-14H2,1-2H3,(H,26,32)/t15-,16-,17+/m0/s1. The van der Waals surface area contributed by atoms with Gasteiger partial charge >= 0.3 is 5.97 Å². The van der Waals surface area contributed by atoms with Crippen LogP contribution in [-0.4, -0.2) is 40.2 Å². The number of carbonyl (C=O) groups is 1. The lowest BCUT2D eigenvalue weighted by Gasteiger charge is -2.43. The van der Waals surface area contributed by atoms with Crippen molar-refractivity contribution in [3.63, 3.8) is 0 Å². The lowest BCUT2D eigenvalue weighted by atomic mass is 9.83. The minimum atomic E-state index is -0.238. The van der Waals surface area contributed by atoms with E-state index in [4.69, 9.17) is 17.0 Å². The molecular formula is C25H31N3O3S2. The molecule has 5 rings (SSSR count). The van der Waals surface area contributed by atoms with Crippen LogP contribution in [0.5, 0.6) is 0 Å². The van der Waals surface area contributed by atoms with Crippen LogP contribution in [0.4, 0.5) is 5.00 Å². The summed E-state index contributed by atoms with van der Waals surface area (Å²) in [6.07, 6.45) is 4.90. The van der Waals surface area contributed by atoms with Crippen LogP contribution in [0.2, 0.25) is 0 Å². The predicted molar refractivity (Wildman–Crippen MR) is 135 cm³/mol. The maximum Gasteiger partial charge on any atom is 0.341 e. The smallest absolute Gasteiger partial charge is 0.341 e. The number of anilines is 1. The Labute approximate surface area is 203 Å². The monoisotopic (exact) mass is 485 g/mol. The molecule has 0 radical (unpaired) electrons. The molecule has 176 valence electrons. The number of fused-ring (bicyclic) bond motifs is 5. The highest BCUT2D eigenvalue weighted by Crippen LogP contribution is 2.41. The Morgan fingerprint density at radius 2 is 2.15 bits per heavy atom. The first-order valence-corrected chi connectivity index (χ1v) is 13.2. The number of pyridine rings is 1. The van der Waals surface area contributed by atoms with E-state index in [1.807, 2.05) is 17.6 Å². The number of likely N-dealkylation sites (tertiary alicyclic amines) is 1. The van der Waals surface area contributed by atoms with Gasteiger partial charge in [0.05, 0.1) is 12.2 Å². The Morgan fingerprint density at radius 1 is 1.30 bits per heavy atom. The minimum Gasteiger partial charge on any atom is -0.462 e. The van der Waals surface area contributed by atoms with Crippen LogP contribution in [0, 0.1) is 11.8 Å². The molecule has 1 N–H and O–H groups in total. The Kier molecular flexibility index (Phi) is 6.31. The van der Waals surface area contributed by atoms with Crippen LogP contribution < -0.4 is 10.9 Å². The molecule has 4 heterocycles. The van der Waals surface area contributed by atoms with Gasteiger partial charge in [0, 0.05) is 42.2 Å². The zero-order valence-corrected chi connectivity index (χ0v) is 20.9. The first kappa shape index (κ1) is 22.6. The van der Waals surface area contributed by atoms with Crippen molar-refractivity contribution < 1.29 is 9.53 Å². The molecule has 6 nitrogen and oxygen atoms in total. The van der Waals surface area contributed by atoms with E-state index < -0.39 is 0 Å². The van der Waals surface area contributed by atoms with E-state index >= 15 is 0 Å². The summed E-state index contributed by atoms with van der Waals surface area (Å²) in [7, 11) is 0. The van der Waals surface area contributed by atoms with Gasteiger partial charge in [0.25, 0.3) is 5.56 Å². The van der Waals surface area contributed by atoms with Gasteiger partial charge in [-0.3, -0.25) is 4.79 Å².